The number of ketones is 1. The van der Waals surface area contributed by atoms with Gasteiger partial charge in [-0.3, -0.25) is 4.79 Å². The van der Waals surface area contributed by atoms with E-state index in [0.29, 0.717) is 6.42 Å². The van der Waals surface area contributed by atoms with Crippen LogP contribution in [0.5, 0.6) is 0 Å². The molecule has 0 heterocycles. The van der Waals surface area contributed by atoms with E-state index in [2.05, 4.69) is 0 Å². The Balaban J connectivity index is 2.48. The minimum atomic E-state index is -0.674. The molecule has 3 N–H and O–H groups in total. The second-order valence-corrected chi connectivity index (χ2v) is 3.34. The molecule has 0 aromatic carbocycles. The maximum absolute atomic E-state index is 11.3. The maximum Gasteiger partial charge on any atom is 0.166 e. The first-order valence-electron chi connectivity index (χ1n) is 4.55. The summed E-state index contributed by atoms with van der Waals surface area (Å²) >= 11 is 0. The molecular weight excluding hydrogens is 184 g/mol. The standard InChI is InChI=1S/C10H14O4/c11-4-3-9(13)5-7-1-2-8(12)6-10(7)14/h1-2,6-7,9,11-13H,3-5H2. The molecule has 2 unspecified atom stereocenters. The van der Waals surface area contributed by atoms with Crippen LogP contribution in [0.1, 0.15) is 12.8 Å². The summed E-state index contributed by atoms with van der Waals surface area (Å²) in [5.74, 6) is -0.641. The SMILES string of the molecule is O=C1C=C(O)C=CC1CC(O)CCO. The Morgan fingerprint density at radius 2 is 2.21 bits per heavy atom. The zero-order valence-corrected chi connectivity index (χ0v) is 7.76. The lowest BCUT2D eigenvalue weighted by molar-refractivity contribution is -0.118. The first kappa shape index (κ1) is 10.9. The quantitative estimate of drug-likeness (QED) is 0.607. The van der Waals surface area contributed by atoms with Gasteiger partial charge < -0.3 is 15.3 Å². The third-order valence-corrected chi connectivity index (χ3v) is 2.14. The van der Waals surface area contributed by atoms with Crippen LogP contribution in [0.4, 0.5) is 0 Å². The summed E-state index contributed by atoms with van der Waals surface area (Å²) in [6, 6.07) is 0. The number of hydrogen-bond acceptors (Lipinski definition) is 4. The highest BCUT2D eigenvalue weighted by Gasteiger charge is 2.20. The molecule has 0 fully saturated rings. The molecule has 0 saturated heterocycles. The number of aliphatic hydroxyl groups is 3. The molecule has 0 bridgehead atoms. The molecule has 4 heteroatoms. The molecule has 78 valence electrons. The summed E-state index contributed by atoms with van der Waals surface area (Å²) in [5.41, 5.74) is 0. The average molecular weight is 198 g/mol. The molecule has 1 aliphatic rings. The van der Waals surface area contributed by atoms with Crippen molar-refractivity contribution < 1.29 is 20.1 Å². The molecule has 4 nitrogen and oxygen atoms in total. The highest BCUT2D eigenvalue weighted by molar-refractivity contribution is 5.94. The van der Waals surface area contributed by atoms with E-state index >= 15 is 0 Å². The summed E-state index contributed by atoms with van der Waals surface area (Å²) in [7, 11) is 0. The van der Waals surface area contributed by atoms with Crippen LogP contribution in [0.2, 0.25) is 0 Å². The van der Waals surface area contributed by atoms with Crippen LogP contribution in [-0.4, -0.2) is 33.8 Å². The second kappa shape index (κ2) is 4.93. The minimum absolute atomic E-state index is 0.0529. The fraction of sp³-hybridized carbons (Fsp3) is 0.500. The van der Waals surface area contributed by atoms with Crippen LogP contribution in [0, 0.1) is 5.92 Å². The van der Waals surface area contributed by atoms with Crippen molar-refractivity contribution in [2.45, 2.75) is 18.9 Å². The minimum Gasteiger partial charge on any atom is -0.508 e. The zero-order valence-electron chi connectivity index (χ0n) is 7.76. The van der Waals surface area contributed by atoms with E-state index in [1.165, 1.54) is 6.08 Å². The van der Waals surface area contributed by atoms with Gasteiger partial charge in [0.25, 0.3) is 0 Å². The molecule has 2 atom stereocenters. The van der Waals surface area contributed by atoms with Gasteiger partial charge in [-0.1, -0.05) is 6.08 Å². The molecule has 0 radical (unpaired) electrons. The van der Waals surface area contributed by atoms with Gasteiger partial charge in [-0.15, -0.1) is 0 Å². The highest BCUT2D eigenvalue weighted by Crippen LogP contribution is 2.17. The molecule has 0 aromatic heterocycles. The van der Waals surface area contributed by atoms with Gasteiger partial charge in [0.05, 0.1) is 6.10 Å². The Morgan fingerprint density at radius 1 is 1.50 bits per heavy atom. The number of carbonyl (C=O) groups is 1. The van der Waals surface area contributed by atoms with Crippen molar-refractivity contribution in [3.63, 3.8) is 0 Å². The summed E-state index contributed by atoms with van der Waals surface area (Å²) < 4.78 is 0. The lowest BCUT2D eigenvalue weighted by atomic mass is 9.92. The molecule has 0 spiro atoms. The van der Waals surface area contributed by atoms with E-state index in [0.717, 1.165) is 6.08 Å². The highest BCUT2D eigenvalue weighted by atomic mass is 16.3. The monoisotopic (exact) mass is 198 g/mol. The Bertz CT molecular complexity index is 267. The third-order valence-electron chi connectivity index (χ3n) is 2.14. The van der Waals surface area contributed by atoms with Gasteiger partial charge in [0, 0.05) is 18.6 Å². The predicted octanol–water partition coefficient (Wildman–Crippen LogP) is 0.317. The molecule has 0 aliphatic heterocycles. The van der Waals surface area contributed by atoms with E-state index < -0.39 is 6.10 Å². The lowest BCUT2D eigenvalue weighted by Gasteiger charge is -2.16. The van der Waals surface area contributed by atoms with Gasteiger partial charge >= 0.3 is 0 Å². The molecule has 14 heavy (non-hydrogen) atoms. The van der Waals surface area contributed by atoms with Gasteiger partial charge in [-0.25, -0.2) is 0 Å². The average Bonchev–Trinajstić information content (AvgIpc) is 2.10. The number of aliphatic hydroxyl groups excluding tert-OH is 3. The van der Waals surface area contributed by atoms with Crippen LogP contribution >= 0.6 is 0 Å². The van der Waals surface area contributed by atoms with Crippen molar-refractivity contribution in [3.8, 4) is 0 Å². The third kappa shape index (κ3) is 2.97. The number of carbonyl (C=O) groups excluding carboxylic acids is 1. The van der Waals surface area contributed by atoms with E-state index in [1.54, 1.807) is 6.08 Å². The van der Waals surface area contributed by atoms with E-state index in [9.17, 15) is 9.90 Å². The van der Waals surface area contributed by atoms with Crippen LogP contribution in [0.25, 0.3) is 0 Å². The van der Waals surface area contributed by atoms with Crippen LogP contribution in [-0.2, 0) is 4.79 Å². The second-order valence-electron chi connectivity index (χ2n) is 3.34. The van der Waals surface area contributed by atoms with Crippen molar-refractivity contribution in [3.05, 3.63) is 24.0 Å². The predicted molar refractivity (Wildman–Crippen MR) is 50.7 cm³/mol. The van der Waals surface area contributed by atoms with E-state index in [4.69, 9.17) is 10.2 Å². The lowest BCUT2D eigenvalue weighted by Crippen LogP contribution is -2.21. The van der Waals surface area contributed by atoms with E-state index in [1.807, 2.05) is 0 Å². The Labute approximate surface area is 82.2 Å². The van der Waals surface area contributed by atoms with Gasteiger partial charge in [-0.05, 0) is 18.9 Å². The van der Waals surface area contributed by atoms with Gasteiger partial charge in [0.15, 0.2) is 5.78 Å². The first-order valence-corrected chi connectivity index (χ1v) is 4.55. The molecular formula is C10H14O4. The number of rotatable bonds is 4. The van der Waals surface area contributed by atoms with Gasteiger partial charge in [0.1, 0.15) is 5.76 Å². The first-order chi connectivity index (χ1) is 6.63. The molecule has 0 saturated carbocycles. The fourth-order valence-corrected chi connectivity index (χ4v) is 1.37. The maximum atomic E-state index is 11.3. The normalized spacial score (nSPS) is 23.4. The van der Waals surface area contributed by atoms with Gasteiger partial charge in [-0.2, -0.15) is 0 Å². The molecule has 0 amide bonds. The summed E-state index contributed by atoms with van der Waals surface area (Å²) in [6.07, 6.45) is 4.05. The van der Waals surface area contributed by atoms with Crippen LogP contribution in [0.15, 0.2) is 24.0 Å². The van der Waals surface area contributed by atoms with Crippen molar-refractivity contribution >= 4 is 5.78 Å². The van der Waals surface area contributed by atoms with Crippen molar-refractivity contribution in [1.82, 2.24) is 0 Å². The Hall–Kier alpha value is -1.13. The smallest absolute Gasteiger partial charge is 0.166 e. The van der Waals surface area contributed by atoms with Gasteiger partial charge in [0.2, 0.25) is 0 Å². The molecule has 1 aliphatic carbocycles. The summed E-state index contributed by atoms with van der Waals surface area (Å²) in [6.45, 7) is -0.0904. The zero-order chi connectivity index (χ0) is 10.6. The number of allylic oxidation sites excluding steroid dienone is 3. The molecule has 0 aromatic rings. The number of hydrogen-bond donors (Lipinski definition) is 3. The Morgan fingerprint density at radius 3 is 2.79 bits per heavy atom. The largest absolute Gasteiger partial charge is 0.508 e. The van der Waals surface area contributed by atoms with Crippen LogP contribution in [0.3, 0.4) is 0 Å². The Kier molecular flexibility index (Phi) is 3.85. The summed E-state index contributed by atoms with van der Waals surface area (Å²) in [5, 5.41) is 26.9. The van der Waals surface area contributed by atoms with Crippen LogP contribution < -0.4 is 0 Å². The molecule has 1 rings (SSSR count). The van der Waals surface area contributed by atoms with Crippen molar-refractivity contribution in [1.29, 1.82) is 0 Å². The topological polar surface area (TPSA) is 77.8 Å². The summed E-state index contributed by atoms with van der Waals surface area (Å²) in [4.78, 5) is 11.3. The van der Waals surface area contributed by atoms with Crippen molar-refractivity contribution in [2.24, 2.45) is 5.92 Å². The fourth-order valence-electron chi connectivity index (χ4n) is 1.37. The van der Waals surface area contributed by atoms with Crippen molar-refractivity contribution in [2.75, 3.05) is 6.61 Å². The van der Waals surface area contributed by atoms with E-state index in [-0.39, 0.29) is 30.5 Å².